The number of aryl methyl sites for hydroxylation is 1. The molecule has 0 spiro atoms. The zero-order chi connectivity index (χ0) is 19.5. The number of anilines is 1. The second-order valence-corrected chi connectivity index (χ2v) is 6.95. The van der Waals surface area contributed by atoms with Crippen LogP contribution < -0.4 is 15.0 Å². The van der Waals surface area contributed by atoms with E-state index in [2.05, 4.69) is 58.5 Å². The maximum atomic E-state index is 12.6. The number of benzene rings is 2. The number of rotatable bonds is 4. The molecular weight excluding hydrogens is 350 g/mol. The fourth-order valence-corrected chi connectivity index (χ4v) is 3.47. The summed E-state index contributed by atoms with van der Waals surface area (Å²) in [6, 6.07) is 16.4. The summed E-state index contributed by atoms with van der Waals surface area (Å²) in [7, 11) is 1.64. The van der Waals surface area contributed by atoms with Crippen LogP contribution in [0.1, 0.15) is 21.5 Å². The molecule has 1 amide bonds. The van der Waals surface area contributed by atoms with Crippen LogP contribution in [-0.4, -0.2) is 31.1 Å². The maximum absolute atomic E-state index is 12.6. The SMILES string of the molecule is CNC(=O)c1cc(-c2ccc(C)cc2)cc2c1OCCN2Cc1cccnc1. The predicted octanol–water partition coefficient (Wildman–Crippen LogP) is 3.82. The largest absolute Gasteiger partial charge is 0.489 e. The van der Waals surface area contributed by atoms with E-state index in [9.17, 15) is 4.79 Å². The molecule has 2 heterocycles. The molecule has 3 aromatic rings. The Morgan fingerprint density at radius 1 is 1.18 bits per heavy atom. The van der Waals surface area contributed by atoms with Crippen molar-refractivity contribution < 1.29 is 9.53 Å². The molecule has 0 atom stereocenters. The summed E-state index contributed by atoms with van der Waals surface area (Å²) in [6.45, 7) is 4.08. The summed E-state index contributed by atoms with van der Waals surface area (Å²) < 4.78 is 5.94. The summed E-state index contributed by atoms with van der Waals surface area (Å²) in [5.74, 6) is 0.499. The Kier molecular flexibility index (Phi) is 4.98. The quantitative estimate of drug-likeness (QED) is 0.755. The molecule has 5 nitrogen and oxygen atoms in total. The predicted molar refractivity (Wildman–Crippen MR) is 111 cm³/mol. The van der Waals surface area contributed by atoms with Crippen molar-refractivity contribution in [2.24, 2.45) is 0 Å². The minimum atomic E-state index is -0.145. The average Bonchev–Trinajstić information content (AvgIpc) is 2.74. The fourth-order valence-electron chi connectivity index (χ4n) is 3.47. The minimum Gasteiger partial charge on any atom is -0.489 e. The second kappa shape index (κ2) is 7.72. The van der Waals surface area contributed by atoms with Crippen LogP contribution in [0, 0.1) is 6.92 Å². The number of nitrogens with zero attached hydrogens (tertiary/aromatic N) is 2. The summed E-state index contributed by atoms with van der Waals surface area (Å²) in [4.78, 5) is 19.0. The molecule has 1 aromatic heterocycles. The van der Waals surface area contributed by atoms with Crippen LogP contribution in [-0.2, 0) is 6.54 Å². The van der Waals surface area contributed by atoms with Crippen LogP contribution in [0.5, 0.6) is 5.75 Å². The van der Waals surface area contributed by atoms with E-state index in [1.165, 1.54) is 5.56 Å². The molecule has 2 aromatic carbocycles. The summed E-state index contributed by atoms with van der Waals surface area (Å²) in [5.41, 5.74) is 5.90. The van der Waals surface area contributed by atoms with E-state index in [1.54, 1.807) is 13.2 Å². The smallest absolute Gasteiger partial charge is 0.254 e. The van der Waals surface area contributed by atoms with Gasteiger partial charge >= 0.3 is 0 Å². The van der Waals surface area contributed by atoms with Gasteiger partial charge in [0.2, 0.25) is 0 Å². The number of amides is 1. The fraction of sp³-hybridized carbons (Fsp3) is 0.217. The lowest BCUT2D eigenvalue weighted by Gasteiger charge is -2.33. The number of pyridine rings is 1. The van der Waals surface area contributed by atoms with Crippen molar-refractivity contribution in [3.8, 4) is 16.9 Å². The first kappa shape index (κ1) is 18.0. The van der Waals surface area contributed by atoms with E-state index < -0.39 is 0 Å². The number of hydrogen-bond donors (Lipinski definition) is 1. The molecule has 142 valence electrons. The van der Waals surface area contributed by atoms with Gasteiger partial charge in [-0.15, -0.1) is 0 Å². The minimum absolute atomic E-state index is 0.145. The molecule has 0 unspecified atom stereocenters. The number of hydrogen-bond acceptors (Lipinski definition) is 4. The molecule has 1 aliphatic rings. The monoisotopic (exact) mass is 373 g/mol. The van der Waals surface area contributed by atoms with Crippen LogP contribution in [0.2, 0.25) is 0 Å². The van der Waals surface area contributed by atoms with Crippen molar-refractivity contribution in [2.75, 3.05) is 25.1 Å². The Balaban J connectivity index is 1.81. The lowest BCUT2D eigenvalue weighted by Crippen LogP contribution is -2.33. The van der Waals surface area contributed by atoms with E-state index in [0.29, 0.717) is 24.5 Å². The Bertz CT molecular complexity index is 985. The van der Waals surface area contributed by atoms with E-state index >= 15 is 0 Å². The number of carbonyl (C=O) groups is 1. The highest BCUT2D eigenvalue weighted by Crippen LogP contribution is 2.40. The number of fused-ring (bicyclic) bond motifs is 1. The third-order valence-electron chi connectivity index (χ3n) is 4.97. The molecule has 0 fully saturated rings. The average molecular weight is 373 g/mol. The third kappa shape index (κ3) is 3.56. The van der Waals surface area contributed by atoms with Gasteiger partial charge in [-0.3, -0.25) is 9.78 Å². The van der Waals surface area contributed by atoms with Crippen molar-refractivity contribution in [1.29, 1.82) is 0 Å². The molecule has 0 aliphatic carbocycles. The van der Waals surface area contributed by atoms with Gasteiger partial charge in [-0.1, -0.05) is 35.9 Å². The lowest BCUT2D eigenvalue weighted by molar-refractivity contribution is 0.0958. The van der Waals surface area contributed by atoms with Crippen LogP contribution in [0.25, 0.3) is 11.1 Å². The van der Waals surface area contributed by atoms with E-state index in [-0.39, 0.29) is 5.91 Å². The van der Waals surface area contributed by atoms with Crippen molar-refractivity contribution >= 4 is 11.6 Å². The van der Waals surface area contributed by atoms with Gasteiger partial charge < -0.3 is 15.0 Å². The highest BCUT2D eigenvalue weighted by Gasteiger charge is 2.25. The number of ether oxygens (including phenoxy) is 1. The molecule has 0 saturated heterocycles. The molecule has 28 heavy (non-hydrogen) atoms. The van der Waals surface area contributed by atoms with E-state index in [1.807, 2.05) is 18.3 Å². The molecular formula is C23H23N3O2. The van der Waals surface area contributed by atoms with Gasteiger partial charge in [-0.2, -0.15) is 0 Å². The Morgan fingerprint density at radius 3 is 2.71 bits per heavy atom. The number of carbonyl (C=O) groups excluding carboxylic acids is 1. The lowest BCUT2D eigenvalue weighted by atomic mass is 9.98. The van der Waals surface area contributed by atoms with Gasteiger partial charge in [0.05, 0.1) is 17.8 Å². The zero-order valence-corrected chi connectivity index (χ0v) is 16.1. The summed E-state index contributed by atoms with van der Waals surface area (Å²) in [6.07, 6.45) is 3.65. The first-order valence-electron chi connectivity index (χ1n) is 9.39. The van der Waals surface area contributed by atoms with Crippen molar-refractivity contribution in [1.82, 2.24) is 10.3 Å². The Hall–Kier alpha value is -3.34. The van der Waals surface area contributed by atoms with Crippen molar-refractivity contribution in [3.05, 3.63) is 77.6 Å². The van der Waals surface area contributed by atoms with E-state index in [0.717, 1.165) is 28.9 Å². The van der Waals surface area contributed by atoms with Gasteiger partial charge in [0, 0.05) is 26.0 Å². The highest BCUT2D eigenvalue weighted by molar-refractivity contribution is 6.00. The van der Waals surface area contributed by atoms with Gasteiger partial charge in [0.25, 0.3) is 5.91 Å². The Morgan fingerprint density at radius 2 is 2.00 bits per heavy atom. The molecule has 1 aliphatic heterocycles. The molecule has 1 N–H and O–H groups in total. The normalized spacial score (nSPS) is 12.9. The first-order valence-corrected chi connectivity index (χ1v) is 9.39. The van der Waals surface area contributed by atoms with Crippen molar-refractivity contribution in [3.63, 3.8) is 0 Å². The molecule has 0 radical (unpaired) electrons. The molecule has 0 bridgehead atoms. The van der Waals surface area contributed by atoms with Gasteiger partial charge in [0.15, 0.2) is 5.75 Å². The zero-order valence-electron chi connectivity index (χ0n) is 16.1. The highest BCUT2D eigenvalue weighted by atomic mass is 16.5. The summed E-state index contributed by atoms with van der Waals surface area (Å²) >= 11 is 0. The number of nitrogens with one attached hydrogen (secondary N) is 1. The molecule has 5 heteroatoms. The molecule has 4 rings (SSSR count). The van der Waals surface area contributed by atoms with Crippen molar-refractivity contribution in [2.45, 2.75) is 13.5 Å². The molecule has 0 saturated carbocycles. The van der Waals surface area contributed by atoms with Gasteiger partial charge in [0.1, 0.15) is 6.61 Å². The van der Waals surface area contributed by atoms with Crippen LogP contribution in [0.4, 0.5) is 5.69 Å². The standard InChI is InChI=1S/C23H23N3O2/c1-16-5-7-18(8-6-16)19-12-20(23(27)24-2)22-21(13-19)26(10-11-28-22)15-17-4-3-9-25-14-17/h3-9,12-14H,10-11,15H2,1-2H3,(H,24,27). The Labute approximate surface area is 165 Å². The van der Waals surface area contributed by atoms with Gasteiger partial charge in [-0.25, -0.2) is 0 Å². The topological polar surface area (TPSA) is 54.5 Å². The van der Waals surface area contributed by atoms with E-state index in [4.69, 9.17) is 4.74 Å². The second-order valence-electron chi connectivity index (χ2n) is 6.95. The third-order valence-corrected chi connectivity index (χ3v) is 4.97. The van der Waals surface area contributed by atoms with Crippen LogP contribution >= 0.6 is 0 Å². The maximum Gasteiger partial charge on any atom is 0.254 e. The number of aromatic nitrogens is 1. The summed E-state index contributed by atoms with van der Waals surface area (Å²) in [5, 5.41) is 2.74. The first-order chi connectivity index (χ1) is 13.7. The van der Waals surface area contributed by atoms with Gasteiger partial charge in [-0.05, 0) is 41.8 Å². The van der Waals surface area contributed by atoms with Crippen LogP contribution in [0.15, 0.2) is 60.9 Å². The van der Waals surface area contributed by atoms with Crippen LogP contribution in [0.3, 0.4) is 0 Å².